The van der Waals surface area contributed by atoms with Crippen LogP contribution in [-0.4, -0.2) is 17.0 Å². The fraction of sp³-hybridized carbons (Fsp3) is 0.167. The minimum Gasteiger partial charge on any atom is -0.481 e. The molecule has 0 saturated carbocycles. The molecule has 2 aromatic carbocycles. The summed E-state index contributed by atoms with van der Waals surface area (Å²) in [6.07, 6.45) is 0.865. The third-order valence-electron chi connectivity index (χ3n) is 3.34. The number of nitrogens with one attached hydrogen (secondary N) is 1. The lowest BCUT2D eigenvalue weighted by molar-refractivity contribution is -0.136. The highest BCUT2D eigenvalue weighted by Gasteiger charge is 2.06. The average molecular weight is 308 g/mol. The van der Waals surface area contributed by atoms with Crippen LogP contribution in [0.5, 0.6) is 0 Å². The van der Waals surface area contributed by atoms with Gasteiger partial charge in [0.15, 0.2) is 0 Å². The van der Waals surface area contributed by atoms with Gasteiger partial charge in [-0.2, -0.15) is 5.26 Å². The number of carbonyl (C=O) groups is 2. The minimum atomic E-state index is -0.831. The highest BCUT2D eigenvalue weighted by atomic mass is 16.4. The van der Waals surface area contributed by atoms with Gasteiger partial charge in [0.25, 0.3) is 5.91 Å². The zero-order valence-electron chi connectivity index (χ0n) is 12.5. The first-order chi connectivity index (χ1) is 11.1. The summed E-state index contributed by atoms with van der Waals surface area (Å²) in [5.74, 6) is -1.06. The van der Waals surface area contributed by atoms with E-state index in [9.17, 15) is 9.59 Å². The first kappa shape index (κ1) is 16.2. The van der Waals surface area contributed by atoms with Crippen molar-refractivity contribution >= 4 is 17.6 Å². The Morgan fingerprint density at radius 2 is 1.61 bits per heavy atom. The van der Waals surface area contributed by atoms with Gasteiger partial charge in [-0.05, 0) is 41.8 Å². The van der Waals surface area contributed by atoms with E-state index in [-0.39, 0.29) is 12.3 Å². The fourth-order valence-electron chi connectivity index (χ4n) is 2.07. The first-order valence-corrected chi connectivity index (χ1v) is 7.16. The van der Waals surface area contributed by atoms with Gasteiger partial charge in [0, 0.05) is 17.7 Å². The number of nitriles is 1. The van der Waals surface area contributed by atoms with Crippen LogP contribution in [0.2, 0.25) is 0 Å². The number of nitrogens with zero attached hydrogens (tertiary/aromatic N) is 1. The van der Waals surface area contributed by atoms with E-state index >= 15 is 0 Å². The summed E-state index contributed by atoms with van der Waals surface area (Å²) >= 11 is 0. The Hall–Kier alpha value is -3.13. The largest absolute Gasteiger partial charge is 0.481 e. The minimum absolute atomic E-state index is 0.0841. The highest BCUT2D eigenvalue weighted by molar-refractivity contribution is 6.04. The average Bonchev–Trinajstić information content (AvgIpc) is 2.55. The first-order valence-electron chi connectivity index (χ1n) is 7.16. The van der Waals surface area contributed by atoms with Gasteiger partial charge in [0.2, 0.25) is 0 Å². The molecule has 116 valence electrons. The molecule has 2 N–H and O–H groups in total. The topological polar surface area (TPSA) is 90.2 Å². The van der Waals surface area contributed by atoms with E-state index in [4.69, 9.17) is 10.4 Å². The van der Waals surface area contributed by atoms with Gasteiger partial charge >= 0.3 is 5.97 Å². The van der Waals surface area contributed by atoms with Crippen molar-refractivity contribution in [2.45, 2.75) is 19.3 Å². The lowest BCUT2D eigenvalue weighted by atomic mass is 10.1. The molecule has 2 rings (SSSR count). The van der Waals surface area contributed by atoms with Crippen LogP contribution in [0.4, 0.5) is 5.69 Å². The van der Waals surface area contributed by atoms with Crippen molar-refractivity contribution in [2.24, 2.45) is 0 Å². The van der Waals surface area contributed by atoms with Crippen LogP contribution in [0.1, 0.15) is 27.9 Å². The number of aliphatic carboxylic acids is 1. The second-order valence-electron chi connectivity index (χ2n) is 5.08. The number of hydrogen-bond acceptors (Lipinski definition) is 3. The number of benzene rings is 2. The van der Waals surface area contributed by atoms with E-state index in [0.717, 1.165) is 11.1 Å². The number of rotatable bonds is 6. The second-order valence-corrected chi connectivity index (χ2v) is 5.08. The van der Waals surface area contributed by atoms with Gasteiger partial charge < -0.3 is 10.4 Å². The Morgan fingerprint density at radius 3 is 2.17 bits per heavy atom. The van der Waals surface area contributed by atoms with Gasteiger partial charge in [0.05, 0.1) is 12.5 Å². The van der Waals surface area contributed by atoms with Crippen molar-refractivity contribution in [3.8, 4) is 6.07 Å². The van der Waals surface area contributed by atoms with Gasteiger partial charge in [-0.3, -0.25) is 9.59 Å². The highest BCUT2D eigenvalue weighted by Crippen LogP contribution is 2.13. The summed E-state index contributed by atoms with van der Waals surface area (Å²) in [5.41, 5.74) is 2.94. The van der Waals surface area contributed by atoms with Gasteiger partial charge in [0.1, 0.15) is 0 Å². The number of amides is 1. The third kappa shape index (κ3) is 4.97. The molecule has 1 amide bonds. The predicted molar refractivity (Wildman–Crippen MR) is 86.1 cm³/mol. The molecule has 0 aromatic heterocycles. The maximum absolute atomic E-state index is 12.1. The maximum atomic E-state index is 12.1. The molecule has 0 spiro atoms. The van der Waals surface area contributed by atoms with Gasteiger partial charge in [-0.1, -0.05) is 24.3 Å². The van der Waals surface area contributed by atoms with Crippen LogP contribution in [0.25, 0.3) is 0 Å². The zero-order valence-corrected chi connectivity index (χ0v) is 12.5. The summed E-state index contributed by atoms with van der Waals surface area (Å²) < 4.78 is 0. The number of carboxylic acid groups (broad SMARTS) is 1. The van der Waals surface area contributed by atoms with Crippen molar-refractivity contribution < 1.29 is 14.7 Å². The molecule has 0 aliphatic rings. The maximum Gasteiger partial charge on any atom is 0.303 e. The lowest BCUT2D eigenvalue weighted by Gasteiger charge is -2.07. The van der Waals surface area contributed by atoms with E-state index in [1.165, 1.54) is 0 Å². The molecule has 0 unspecified atom stereocenters. The number of aryl methyl sites for hydroxylation is 1. The fourth-order valence-corrected chi connectivity index (χ4v) is 2.07. The normalized spacial score (nSPS) is 9.87. The number of anilines is 1. The van der Waals surface area contributed by atoms with Crippen LogP contribution in [0.3, 0.4) is 0 Å². The Kier molecular flexibility index (Phi) is 5.48. The molecular formula is C18H16N2O3. The van der Waals surface area contributed by atoms with Crippen LogP contribution in [0, 0.1) is 11.3 Å². The van der Waals surface area contributed by atoms with Crippen molar-refractivity contribution in [1.29, 1.82) is 5.26 Å². The zero-order chi connectivity index (χ0) is 16.7. The molecule has 0 radical (unpaired) electrons. The monoisotopic (exact) mass is 308 g/mol. The summed E-state index contributed by atoms with van der Waals surface area (Å²) in [6.45, 7) is 0. The predicted octanol–water partition coefficient (Wildman–Crippen LogP) is 3.02. The summed E-state index contributed by atoms with van der Waals surface area (Å²) in [6, 6.07) is 16.0. The quantitative estimate of drug-likeness (QED) is 0.858. The summed E-state index contributed by atoms with van der Waals surface area (Å²) in [4.78, 5) is 22.7. The molecule has 2 aromatic rings. The molecule has 5 nitrogen and oxygen atoms in total. The number of hydrogen-bond donors (Lipinski definition) is 2. The van der Waals surface area contributed by atoms with E-state index in [0.29, 0.717) is 24.1 Å². The third-order valence-corrected chi connectivity index (χ3v) is 3.34. The lowest BCUT2D eigenvalue weighted by Crippen LogP contribution is -2.11. The smallest absolute Gasteiger partial charge is 0.303 e. The molecule has 0 atom stereocenters. The standard InChI is InChI=1S/C18H16N2O3/c19-12-11-14-1-6-15(7-2-14)18(23)20-16-8-3-13(4-9-16)5-10-17(21)22/h1-4,6-9H,5,10-11H2,(H,20,23)(H,21,22). The van der Waals surface area contributed by atoms with E-state index in [1.807, 2.05) is 0 Å². The van der Waals surface area contributed by atoms with E-state index in [1.54, 1.807) is 48.5 Å². The van der Waals surface area contributed by atoms with Crippen molar-refractivity contribution in [3.63, 3.8) is 0 Å². The van der Waals surface area contributed by atoms with Crippen molar-refractivity contribution in [2.75, 3.05) is 5.32 Å². The van der Waals surface area contributed by atoms with Crippen LogP contribution in [-0.2, 0) is 17.6 Å². The Labute approximate surface area is 134 Å². The van der Waals surface area contributed by atoms with Crippen molar-refractivity contribution in [3.05, 3.63) is 65.2 Å². The summed E-state index contributed by atoms with van der Waals surface area (Å²) in [7, 11) is 0. The van der Waals surface area contributed by atoms with Crippen molar-refractivity contribution in [1.82, 2.24) is 0 Å². The molecule has 0 bridgehead atoms. The molecule has 0 fully saturated rings. The molecule has 23 heavy (non-hydrogen) atoms. The Bertz CT molecular complexity index is 728. The molecule has 0 saturated heterocycles. The van der Waals surface area contributed by atoms with E-state index < -0.39 is 5.97 Å². The molecular weight excluding hydrogens is 292 g/mol. The number of carboxylic acids is 1. The molecule has 0 heterocycles. The Morgan fingerprint density at radius 1 is 1.00 bits per heavy atom. The SMILES string of the molecule is N#CCc1ccc(C(=O)Nc2ccc(CCC(=O)O)cc2)cc1. The number of carbonyl (C=O) groups excluding carboxylic acids is 1. The van der Waals surface area contributed by atoms with Gasteiger partial charge in [-0.25, -0.2) is 0 Å². The molecule has 5 heteroatoms. The summed E-state index contributed by atoms with van der Waals surface area (Å²) in [5, 5.41) is 20.1. The molecule has 0 aliphatic heterocycles. The Balaban J connectivity index is 1.97. The van der Waals surface area contributed by atoms with Gasteiger partial charge in [-0.15, -0.1) is 0 Å². The molecule has 0 aliphatic carbocycles. The second kappa shape index (κ2) is 7.76. The van der Waals surface area contributed by atoms with Crippen LogP contribution in [0.15, 0.2) is 48.5 Å². The van der Waals surface area contributed by atoms with E-state index in [2.05, 4.69) is 11.4 Å². The van der Waals surface area contributed by atoms with Crippen LogP contribution < -0.4 is 5.32 Å². The van der Waals surface area contributed by atoms with Crippen LogP contribution >= 0.6 is 0 Å².